The highest BCUT2D eigenvalue weighted by atomic mass is 19.1. The Balaban J connectivity index is 1.87. The Morgan fingerprint density at radius 3 is 2.73 bits per heavy atom. The van der Waals surface area contributed by atoms with Crippen molar-refractivity contribution >= 4 is 23.7 Å². The summed E-state index contributed by atoms with van der Waals surface area (Å²) in [5.41, 5.74) is 1.97. The van der Waals surface area contributed by atoms with Crippen molar-refractivity contribution in [3.63, 3.8) is 0 Å². The van der Waals surface area contributed by atoms with E-state index in [0.717, 1.165) is 24.4 Å². The van der Waals surface area contributed by atoms with Crippen LogP contribution in [-0.4, -0.2) is 34.6 Å². The van der Waals surface area contributed by atoms with Crippen molar-refractivity contribution in [2.45, 2.75) is 0 Å². The van der Waals surface area contributed by atoms with Crippen LogP contribution >= 0.6 is 0 Å². The lowest BCUT2D eigenvalue weighted by Crippen LogP contribution is -2.34. The first-order valence-corrected chi connectivity index (χ1v) is 7.20. The van der Waals surface area contributed by atoms with Gasteiger partial charge in [-0.1, -0.05) is 6.07 Å². The zero-order valence-electron chi connectivity index (χ0n) is 13.2. The molecule has 134 valence electrons. The average Bonchev–Trinajstić information content (AvgIpc) is 2.60. The third-order valence-corrected chi connectivity index (χ3v) is 3.10. The van der Waals surface area contributed by atoms with Crippen molar-refractivity contribution in [3.8, 4) is 5.75 Å². The Bertz CT molecular complexity index is 885. The summed E-state index contributed by atoms with van der Waals surface area (Å²) in [5, 5.41) is 25.9. The molecule has 0 aromatic heterocycles. The maximum absolute atomic E-state index is 13.0. The van der Waals surface area contributed by atoms with Gasteiger partial charge in [0.25, 0.3) is 11.8 Å². The molecule has 10 heteroatoms. The van der Waals surface area contributed by atoms with Gasteiger partial charge in [-0.25, -0.2) is 9.82 Å². The number of carbonyl (C=O) groups is 2. The van der Waals surface area contributed by atoms with Crippen LogP contribution in [0.5, 0.6) is 5.75 Å². The van der Waals surface area contributed by atoms with Gasteiger partial charge in [0.15, 0.2) is 5.75 Å². The van der Waals surface area contributed by atoms with Gasteiger partial charge >= 0.3 is 5.69 Å². The minimum Gasteiger partial charge on any atom is -0.502 e. The second kappa shape index (κ2) is 8.33. The second-order valence-corrected chi connectivity index (χ2v) is 4.99. The zero-order valence-corrected chi connectivity index (χ0v) is 13.2. The van der Waals surface area contributed by atoms with Crippen molar-refractivity contribution in [1.29, 1.82) is 0 Å². The minimum atomic E-state index is -0.757. The number of nitrogens with zero attached hydrogens (tertiary/aromatic N) is 2. The van der Waals surface area contributed by atoms with Gasteiger partial charge in [-0.05, 0) is 30.3 Å². The van der Waals surface area contributed by atoms with E-state index in [-0.39, 0.29) is 11.1 Å². The minimum absolute atomic E-state index is 0.0673. The third kappa shape index (κ3) is 5.09. The van der Waals surface area contributed by atoms with Gasteiger partial charge in [-0.15, -0.1) is 0 Å². The van der Waals surface area contributed by atoms with Gasteiger partial charge in [-0.3, -0.25) is 19.7 Å². The Hall–Kier alpha value is -3.82. The molecule has 0 radical (unpaired) electrons. The van der Waals surface area contributed by atoms with Crippen molar-refractivity contribution in [2.24, 2.45) is 5.10 Å². The van der Waals surface area contributed by atoms with Crippen LogP contribution in [-0.2, 0) is 4.79 Å². The molecule has 3 N–H and O–H groups in total. The number of rotatable bonds is 6. The second-order valence-electron chi connectivity index (χ2n) is 4.99. The molecule has 0 atom stereocenters. The highest BCUT2D eigenvalue weighted by Gasteiger charge is 2.13. The van der Waals surface area contributed by atoms with Crippen LogP contribution in [0.25, 0.3) is 0 Å². The molecule has 26 heavy (non-hydrogen) atoms. The number of phenols is 1. The molecule has 0 aliphatic carbocycles. The molecule has 0 fully saturated rings. The lowest BCUT2D eigenvalue weighted by molar-refractivity contribution is -0.385. The predicted octanol–water partition coefficient (Wildman–Crippen LogP) is 1.32. The number of nitro benzene ring substituents is 1. The molecule has 2 aromatic carbocycles. The first-order valence-electron chi connectivity index (χ1n) is 7.20. The van der Waals surface area contributed by atoms with Crippen LogP contribution in [0.3, 0.4) is 0 Å². The predicted molar refractivity (Wildman–Crippen MR) is 89.2 cm³/mol. The van der Waals surface area contributed by atoms with Gasteiger partial charge in [0, 0.05) is 17.2 Å². The highest BCUT2D eigenvalue weighted by Crippen LogP contribution is 2.25. The smallest absolute Gasteiger partial charge is 0.311 e. The molecular formula is C16H13FN4O5. The summed E-state index contributed by atoms with van der Waals surface area (Å²) in [6, 6.07) is 8.55. The van der Waals surface area contributed by atoms with Crippen molar-refractivity contribution in [2.75, 3.05) is 6.54 Å². The molecule has 2 aromatic rings. The monoisotopic (exact) mass is 360 g/mol. The van der Waals surface area contributed by atoms with Crippen LogP contribution in [0, 0.1) is 15.9 Å². The van der Waals surface area contributed by atoms with Gasteiger partial charge in [0.1, 0.15) is 5.82 Å². The summed E-state index contributed by atoms with van der Waals surface area (Å²) in [7, 11) is 0. The van der Waals surface area contributed by atoms with Crippen LogP contribution in [0.4, 0.5) is 10.1 Å². The molecule has 2 amide bonds. The molecule has 0 unspecified atom stereocenters. The lowest BCUT2D eigenvalue weighted by atomic mass is 10.2. The molecule has 0 spiro atoms. The van der Waals surface area contributed by atoms with E-state index in [1.807, 2.05) is 0 Å². The van der Waals surface area contributed by atoms with Gasteiger partial charge in [0.2, 0.25) is 0 Å². The Morgan fingerprint density at radius 2 is 2.04 bits per heavy atom. The number of hydrogen-bond donors (Lipinski definition) is 3. The fourth-order valence-electron chi connectivity index (χ4n) is 1.88. The number of hydrazone groups is 1. The van der Waals surface area contributed by atoms with E-state index < -0.39 is 40.5 Å². The molecule has 9 nitrogen and oxygen atoms in total. The van der Waals surface area contributed by atoms with Crippen LogP contribution < -0.4 is 10.7 Å². The number of halogens is 1. The highest BCUT2D eigenvalue weighted by molar-refractivity contribution is 5.96. The summed E-state index contributed by atoms with van der Waals surface area (Å²) in [4.78, 5) is 33.3. The number of benzene rings is 2. The maximum atomic E-state index is 13.0. The normalized spacial score (nSPS) is 10.5. The SMILES string of the molecule is O=C(CNC(=O)c1cccc(F)c1)NN=Cc1ccc(O)c([N+](=O)[O-])c1. The zero-order chi connectivity index (χ0) is 19.1. The Labute approximate surface area is 146 Å². The van der Waals surface area contributed by atoms with Crippen molar-refractivity contribution < 1.29 is 24.0 Å². The van der Waals surface area contributed by atoms with Gasteiger partial charge < -0.3 is 10.4 Å². The standard InChI is InChI=1S/C16H13FN4O5/c17-12-3-1-2-11(7-12)16(24)18-9-15(23)20-19-8-10-4-5-14(22)13(6-10)21(25)26/h1-8,22H,9H2,(H,18,24)(H,20,23). The summed E-state index contributed by atoms with van der Waals surface area (Å²) in [5.74, 6) is -2.34. The molecular weight excluding hydrogens is 347 g/mol. The van der Waals surface area contributed by atoms with E-state index in [0.29, 0.717) is 0 Å². The van der Waals surface area contributed by atoms with Crippen LogP contribution in [0.15, 0.2) is 47.6 Å². The number of phenolic OH excluding ortho intramolecular Hbond substituents is 1. The number of aromatic hydroxyl groups is 1. The van der Waals surface area contributed by atoms with E-state index in [1.54, 1.807) is 0 Å². The molecule has 0 heterocycles. The number of amides is 2. The number of nitro groups is 1. The Kier molecular flexibility index (Phi) is 5.93. The topological polar surface area (TPSA) is 134 Å². The van der Waals surface area contributed by atoms with E-state index in [1.165, 1.54) is 24.3 Å². The van der Waals surface area contributed by atoms with E-state index in [2.05, 4.69) is 15.8 Å². The summed E-state index contributed by atoms with van der Waals surface area (Å²) in [6.07, 6.45) is 1.14. The van der Waals surface area contributed by atoms with Crippen LogP contribution in [0.1, 0.15) is 15.9 Å². The van der Waals surface area contributed by atoms with E-state index in [4.69, 9.17) is 0 Å². The number of hydrogen-bond acceptors (Lipinski definition) is 6. The summed E-state index contributed by atoms with van der Waals surface area (Å²) in [6.45, 7) is -0.400. The largest absolute Gasteiger partial charge is 0.502 e. The molecule has 0 saturated heterocycles. The summed E-state index contributed by atoms with van der Waals surface area (Å²) >= 11 is 0. The van der Waals surface area contributed by atoms with Crippen molar-refractivity contribution in [1.82, 2.24) is 10.7 Å². The molecule has 0 aliphatic rings. The van der Waals surface area contributed by atoms with E-state index in [9.17, 15) is 29.2 Å². The quantitative estimate of drug-likeness (QED) is 0.406. The van der Waals surface area contributed by atoms with Crippen LogP contribution in [0.2, 0.25) is 0 Å². The lowest BCUT2D eigenvalue weighted by Gasteiger charge is -2.04. The fraction of sp³-hybridized carbons (Fsp3) is 0.0625. The fourth-order valence-corrected chi connectivity index (χ4v) is 1.88. The Morgan fingerprint density at radius 1 is 1.27 bits per heavy atom. The molecule has 0 aliphatic heterocycles. The van der Waals surface area contributed by atoms with E-state index >= 15 is 0 Å². The molecule has 2 rings (SSSR count). The van der Waals surface area contributed by atoms with Crippen molar-refractivity contribution in [3.05, 3.63) is 69.5 Å². The van der Waals surface area contributed by atoms with Gasteiger partial charge in [-0.2, -0.15) is 5.10 Å². The summed E-state index contributed by atoms with van der Waals surface area (Å²) < 4.78 is 13.0. The maximum Gasteiger partial charge on any atom is 0.311 e. The third-order valence-electron chi connectivity index (χ3n) is 3.10. The number of nitrogens with one attached hydrogen (secondary N) is 2. The first-order chi connectivity index (χ1) is 12.4. The van der Waals surface area contributed by atoms with Gasteiger partial charge in [0.05, 0.1) is 17.7 Å². The first kappa shape index (κ1) is 18.5. The molecule has 0 saturated carbocycles. The number of carbonyl (C=O) groups excluding carboxylic acids is 2. The average molecular weight is 360 g/mol. The molecule has 0 bridgehead atoms.